The molecule has 74 valence electrons. The molecule has 0 aromatic carbocycles. The van der Waals surface area contributed by atoms with Crippen molar-refractivity contribution < 1.29 is 35.1 Å². The smallest absolute Gasteiger partial charge is 0.381 e. The van der Waals surface area contributed by atoms with Gasteiger partial charge in [0.15, 0.2) is 0 Å². The van der Waals surface area contributed by atoms with Gasteiger partial charge in [-0.1, -0.05) is 0 Å². The van der Waals surface area contributed by atoms with E-state index in [1.54, 1.807) is 0 Å². The molecule has 2 atom stereocenters. The van der Waals surface area contributed by atoms with Crippen molar-refractivity contribution in [3.8, 4) is 0 Å². The molecule has 0 saturated heterocycles. The van der Waals surface area contributed by atoms with Crippen LogP contribution in [0.5, 0.6) is 0 Å². The summed E-state index contributed by atoms with van der Waals surface area (Å²) < 4.78 is 4.03. The van der Waals surface area contributed by atoms with E-state index in [1.165, 1.54) is 0 Å². The fourth-order valence-corrected chi connectivity index (χ4v) is 0.908. The summed E-state index contributed by atoms with van der Waals surface area (Å²) in [6, 6.07) is 0. The van der Waals surface area contributed by atoms with E-state index in [0.29, 0.717) is 0 Å². The Labute approximate surface area is 72.1 Å². The minimum Gasteiger partial charge on any atom is -0.503 e. The van der Waals surface area contributed by atoms with Crippen LogP contribution < -0.4 is 0 Å². The van der Waals surface area contributed by atoms with Crippen molar-refractivity contribution in [3.63, 3.8) is 0 Å². The molecular formula is C6H8O7. The summed E-state index contributed by atoms with van der Waals surface area (Å²) >= 11 is 0. The Morgan fingerprint density at radius 1 is 1.38 bits per heavy atom. The molecule has 0 aliphatic carbocycles. The standard InChI is InChI=1S/C6H8O7/c1-5(11)2(7)3(8)13-6(5,12)4(9)10/h7-8,11-12H,1H3,(H,9,10). The summed E-state index contributed by atoms with van der Waals surface area (Å²) in [5.74, 6) is -7.33. The van der Waals surface area contributed by atoms with Gasteiger partial charge < -0.3 is 30.3 Å². The van der Waals surface area contributed by atoms with E-state index in [1.807, 2.05) is 0 Å². The van der Waals surface area contributed by atoms with Gasteiger partial charge in [-0.2, -0.15) is 0 Å². The van der Waals surface area contributed by atoms with Crippen LogP contribution in [-0.4, -0.2) is 42.9 Å². The molecule has 0 saturated carbocycles. The van der Waals surface area contributed by atoms with Crippen molar-refractivity contribution >= 4 is 5.97 Å². The Morgan fingerprint density at radius 3 is 2.00 bits per heavy atom. The van der Waals surface area contributed by atoms with Crippen molar-refractivity contribution in [2.75, 3.05) is 0 Å². The van der Waals surface area contributed by atoms with Gasteiger partial charge in [0.05, 0.1) is 0 Å². The molecule has 5 N–H and O–H groups in total. The lowest BCUT2D eigenvalue weighted by Gasteiger charge is -2.28. The number of rotatable bonds is 1. The number of carbonyl (C=O) groups is 1. The fraction of sp³-hybridized carbons (Fsp3) is 0.500. The maximum atomic E-state index is 10.4. The number of aliphatic hydroxyl groups excluding tert-OH is 2. The Balaban J connectivity index is 3.20. The summed E-state index contributed by atoms with van der Waals surface area (Å²) in [6.45, 7) is 0.791. The van der Waals surface area contributed by atoms with Crippen LogP contribution in [0.2, 0.25) is 0 Å². The van der Waals surface area contributed by atoms with Crippen molar-refractivity contribution in [3.05, 3.63) is 11.7 Å². The minimum absolute atomic E-state index is 0.791. The van der Waals surface area contributed by atoms with E-state index < -0.39 is 29.1 Å². The summed E-state index contributed by atoms with van der Waals surface area (Å²) in [6.07, 6.45) is 0. The van der Waals surface area contributed by atoms with Crippen LogP contribution in [0.4, 0.5) is 0 Å². The maximum Gasteiger partial charge on any atom is 0.381 e. The molecule has 0 aromatic heterocycles. The minimum atomic E-state index is -3.07. The Bertz CT molecular complexity index is 291. The number of carboxylic acid groups (broad SMARTS) is 1. The van der Waals surface area contributed by atoms with Crippen molar-refractivity contribution in [1.29, 1.82) is 0 Å². The van der Waals surface area contributed by atoms with Crippen LogP contribution in [0.1, 0.15) is 6.92 Å². The van der Waals surface area contributed by atoms with Crippen LogP contribution in [0, 0.1) is 0 Å². The molecule has 1 aliphatic rings. The summed E-state index contributed by atoms with van der Waals surface area (Å²) in [5.41, 5.74) is -2.58. The van der Waals surface area contributed by atoms with Gasteiger partial charge in [0, 0.05) is 0 Å². The largest absolute Gasteiger partial charge is 0.503 e. The molecule has 7 nitrogen and oxygen atoms in total. The van der Waals surface area contributed by atoms with Crippen LogP contribution in [0.15, 0.2) is 11.7 Å². The number of hydrogen-bond donors (Lipinski definition) is 5. The normalized spacial score (nSPS) is 39.0. The van der Waals surface area contributed by atoms with Crippen LogP contribution >= 0.6 is 0 Å². The lowest BCUT2D eigenvalue weighted by molar-refractivity contribution is -0.258. The number of hydrogen-bond acceptors (Lipinski definition) is 6. The first-order chi connectivity index (χ1) is 5.73. The number of aliphatic carboxylic acids is 1. The zero-order valence-electron chi connectivity index (χ0n) is 6.55. The van der Waals surface area contributed by atoms with Gasteiger partial charge in [0.25, 0.3) is 0 Å². The van der Waals surface area contributed by atoms with E-state index in [9.17, 15) is 15.0 Å². The first-order valence-corrected chi connectivity index (χ1v) is 3.23. The first-order valence-electron chi connectivity index (χ1n) is 3.23. The van der Waals surface area contributed by atoms with Gasteiger partial charge in [-0.15, -0.1) is 0 Å². The molecule has 1 heterocycles. The average molecular weight is 192 g/mol. The highest BCUT2D eigenvalue weighted by atomic mass is 16.7. The molecule has 0 aromatic rings. The molecule has 1 aliphatic heterocycles. The molecule has 0 fully saturated rings. The van der Waals surface area contributed by atoms with Gasteiger partial charge >= 0.3 is 17.7 Å². The van der Waals surface area contributed by atoms with E-state index in [-0.39, 0.29) is 0 Å². The third kappa shape index (κ3) is 0.941. The number of carboxylic acids is 1. The van der Waals surface area contributed by atoms with E-state index in [0.717, 1.165) is 6.92 Å². The quantitative estimate of drug-likeness (QED) is 0.354. The van der Waals surface area contributed by atoms with Crippen LogP contribution in [0.25, 0.3) is 0 Å². The molecule has 0 amide bonds. The monoisotopic (exact) mass is 192 g/mol. The van der Waals surface area contributed by atoms with Crippen molar-refractivity contribution in [1.82, 2.24) is 0 Å². The van der Waals surface area contributed by atoms with Crippen LogP contribution in [0.3, 0.4) is 0 Å². The van der Waals surface area contributed by atoms with Gasteiger partial charge in [-0.25, -0.2) is 4.79 Å². The second-order valence-corrected chi connectivity index (χ2v) is 2.78. The van der Waals surface area contributed by atoms with E-state index in [4.69, 9.17) is 15.3 Å². The van der Waals surface area contributed by atoms with Gasteiger partial charge in [-0.3, -0.25) is 0 Å². The Hall–Kier alpha value is -1.47. The Kier molecular flexibility index (Phi) is 1.68. The second-order valence-electron chi connectivity index (χ2n) is 2.78. The van der Waals surface area contributed by atoms with Gasteiger partial charge in [-0.05, 0) is 6.92 Å². The van der Waals surface area contributed by atoms with E-state index >= 15 is 0 Å². The average Bonchev–Trinajstić information content (AvgIpc) is 2.14. The van der Waals surface area contributed by atoms with Gasteiger partial charge in [0.1, 0.15) is 0 Å². The van der Waals surface area contributed by atoms with E-state index in [2.05, 4.69) is 4.74 Å². The summed E-state index contributed by atoms with van der Waals surface area (Å²) in [7, 11) is 0. The molecule has 0 radical (unpaired) electrons. The fourth-order valence-electron chi connectivity index (χ4n) is 0.908. The predicted molar refractivity (Wildman–Crippen MR) is 36.6 cm³/mol. The van der Waals surface area contributed by atoms with Crippen LogP contribution in [-0.2, 0) is 9.53 Å². The third-order valence-corrected chi connectivity index (χ3v) is 1.86. The number of aliphatic hydroxyl groups is 4. The number of ether oxygens (including phenoxy) is 1. The SMILES string of the molecule is CC1(O)C(O)=C(O)OC1(O)C(=O)O. The lowest BCUT2D eigenvalue weighted by Crippen LogP contribution is -2.56. The maximum absolute atomic E-state index is 10.4. The van der Waals surface area contributed by atoms with Crippen molar-refractivity contribution in [2.45, 2.75) is 18.3 Å². The third-order valence-electron chi connectivity index (χ3n) is 1.86. The zero-order valence-corrected chi connectivity index (χ0v) is 6.55. The highest BCUT2D eigenvalue weighted by molar-refractivity contribution is 5.78. The summed E-state index contributed by atoms with van der Waals surface area (Å²) in [4.78, 5) is 10.4. The van der Waals surface area contributed by atoms with Gasteiger partial charge in [0.2, 0.25) is 11.4 Å². The highest BCUT2D eigenvalue weighted by Gasteiger charge is 2.64. The Morgan fingerprint density at radius 2 is 1.85 bits per heavy atom. The lowest BCUT2D eigenvalue weighted by atomic mass is 9.95. The molecule has 1 rings (SSSR count). The molecular weight excluding hydrogens is 184 g/mol. The van der Waals surface area contributed by atoms with Crippen molar-refractivity contribution in [2.24, 2.45) is 0 Å². The molecule has 7 heteroatoms. The molecule has 13 heavy (non-hydrogen) atoms. The highest BCUT2D eigenvalue weighted by Crippen LogP contribution is 2.38. The second kappa shape index (κ2) is 2.27. The molecule has 0 spiro atoms. The zero-order chi connectivity index (χ0) is 10.4. The topological polar surface area (TPSA) is 127 Å². The predicted octanol–water partition coefficient (Wildman–Crippen LogP) is -1.17. The first kappa shape index (κ1) is 9.62. The molecule has 0 bridgehead atoms. The molecule has 2 unspecified atom stereocenters. The summed E-state index contributed by atoms with van der Waals surface area (Å²) in [5, 5.41) is 44.6.